The number of anilines is 2. The minimum atomic E-state index is -0.153. The SMILES string of the molecule is CONc1cc(NC(=O)c2ccc(C(C)C)cc2)ccn1. The fourth-order valence-electron chi connectivity index (χ4n) is 1.89. The number of rotatable bonds is 5. The Labute approximate surface area is 124 Å². The molecule has 0 bridgehead atoms. The van der Waals surface area contributed by atoms with Crippen LogP contribution in [0.5, 0.6) is 0 Å². The van der Waals surface area contributed by atoms with Crippen LogP contribution in [0.1, 0.15) is 35.7 Å². The molecule has 5 nitrogen and oxygen atoms in total. The van der Waals surface area contributed by atoms with Gasteiger partial charge in [0.15, 0.2) is 5.82 Å². The van der Waals surface area contributed by atoms with Crippen LogP contribution < -0.4 is 10.8 Å². The van der Waals surface area contributed by atoms with E-state index in [1.165, 1.54) is 12.7 Å². The summed E-state index contributed by atoms with van der Waals surface area (Å²) in [6.45, 7) is 4.24. The van der Waals surface area contributed by atoms with Gasteiger partial charge in [0.05, 0.1) is 7.11 Å². The number of hydrogen-bond acceptors (Lipinski definition) is 4. The number of hydrogen-bond donors (Lipinski definition) is 2. The van der Waals surface area contributed by atoms with Gasteiger partial charge in [-0.15, -0.1) is 0 Å². The Kier molecular flexibility index (Phi) is 4.90. The van der Waals surface area contributed by atoms with Crippen molar-refractivity contribution in [3.8, 4) is 0 Å². The van der Waals surface area contributed by atoms with Crippen molar-refractivity contribution >= 4 is 17.4 Å². The molecule has 0 unspecified atom stereocenters. The molecule has 1 aromatic heterocycles. The zero-order valence-electron chi connectivity index (χ0n) is 12.4. The Bertz CT molecular complexity index is 609. The van der Waals surface area contributed by atoms with Gasteiger partial charge in [0.2, 0.25) is 0 Å². The second-order valence-corrected chi connectivity index (χ2v) is 4.97. The van der Waals surface area contributed by atoms with Crippen molar-refractivity contribution in [2.45, 2.75) is 19.8 Å². The first-order chi connectivity index (χ1) is 10.1. The fraction of sp³-hybridized carbons (Fsp3) is 0.250. The highest BCUT2D eigenvalue weighted by atomic mass is 16.6. The lowest BCUT2D eigenvalue weighted by atomic mass is 10.0. The van der Waals surface area contributed by atoms with Crippen molar-refractivity contribution < 1.29 is 9.63 Å². The van der Waals surface area contributed by atoms with Crippen molar-refractivity contribution in [1.29, 1.82) is 0 Å². The molecule has 1 aromatic carbocycles. The molecule has 21 heavy (non-hydrogen) atoms. The molecule has 0 spiro atoms. The Hall–Kier alpha value is -2.40. The van der Waals surface area contributed by atoms with Gasteiger partial charge in [0.25, 0.3) is 5.91 Å². The number of aromatic nitrogens is 1. The van der Waals surface area contributed by atoms with Crippen LogP contribution in [0.15, 0.2) is 42.6 Å². The second kappa shape index (κ2) is 6.85. The Morgan fingerprint density at radius 2 is 1.90 bits per heavy atom. The van der Waals surface area contributed by atoms with Gasteiger partial charge in [-0.25, -0.2) is 10.5 Å². The maximum Gasteiger partial charge on any atom is 0.255 e. The third kappa shape index (κ3) is 4.03. The van der Waals surface area contributed by atoms with Gasteiger partial charge >= 0.3 is 0 Å². The van der Waals surface area contributed by atoms with Gasteiger partial charge < -0.3 is 5.32 Å². The molecule has 5 heteroatoms. The van der Waals surface area contributed by atoms with E-state index < -0.39 is 0 Å². The number of amides is 1. The predicted octanol–water partition coefficient (Wildman–Crippen LogP) is 3.43. The van der Waals surface area contributed by atoms with Crippen LogP contribution in [0, 0.1) is 0 Å². The van der Waals surface area contributed by atoms with Gasteiger partial charge in [0.1, 0.15) is 0 Å². The minimum Gasteiger partial charge on any atom is -0.322 e. The zero-order chi connectivity index (χ0) is 15.2. The van der Waals surface area contributed by atoms with Crippen molar-refractivity contribution in [2.24, 2.45) is 0 Å². The van der Waals surface area contributed by atoms with Gasteiger partial charge in [-0.05, 0) is 29.7 Å². The first-order valence-corrected chi connectivity index (χ1v) is 6.76. The molecule has 110 valence electrons. The molecule has 2 N–H and O–H groups in total. The van der Waals surface area contributed by atoms with E-state index in [-0.39, 0.29) is 5.91 Å². The Morgan fingerprint density at radius 3 is 2.52 bits per heavy atom. The molecule has 0 aliphatic heterocycles. The van der Waals surface area contributed by atoms with Gasteiger partial charge in [-0.2, -0.15) is 0 Å². The van der Waals surface area contributed by atoms with E-state index in [1.807, 2.05) is 24.3 Å². The fourth-order valence-corrected chi connectivity index (χ4v) is 1.89. The summed E-state index contributed by atoms with van der Waals surface area (Å²) in [4.78, 5) is 21.0. The molecule has 0 aliphatic rings. The lowest BCUT2D eigenvalue weighted by molar-refractivity contribution is 0.102. The summed E-state index contributed by atoms with van der Waals surface area (Å²) < 4.78 is 0. The quantitative estimate of drug-likeness (QED) is 0.826. The van der Waals surface area contributed by atoms with Crippen LogP contribution in [0.3, 0.4) is 0 Å². The predicted molar refractivity (Wildman–Crippen MR) is 83.4 cm³/mol. The van der Waals surface area contributed by atoms with E-state index in [0.717, 1.165) is 0 Å². The maximum absolute atomic E-state index is 12.2. The molecule has 0 fully saturated rings. The summed E-state index contributed by atoms with van der Waals surface area (Å²) in [5, 5.41) is 2.83. The lowest BCUT2D eigenvalue weighted by Gasteiger charge is -2.09. The highest BCUT2D eigenvalue weighted by Crippen LogP contribution is 2.16. The molecular formula is C16H19N3O2. The van der Waals surface area contributed by atoms with Crippen molar-refractivity contribution in [1.82, 2.24) is 4.98 Å². The summed E-state index contributed by atoms with van der Waals surface area (Å²) in [7, 11) is 1.50. The van der Waals surface area contributed by atoms with Crippen molar-refractivity contribution in [3.05, 3.63) is 53.7 Å². The third-order valence-corrected chi connectivity index (χ3v) is 3.06. The maximum atomic E-state index is 12.2. The Balaban J connectivity index is 2.08. The minimum absolute atomic E-state index is 0.153. The van der Waals surface area contributed by atoms with Crippen LogP contribution >= 0.6 is 0 Å². The average Bonchev–Trinajstić information content (AvgIpc) is 2.48. The lowest BCUT2D eigenvalue weighted by Crippen LogP contribution is -2.12. The van der Waals surface area contributed by atoms with Gasteiger partial charge in [-0.3, -0.25) is 9.63 Å². The number of nitrogens with zero attached hydrogens (tertiary/aromatic N) is 1. The summed E-state index contributed by atoms with van der Waals surface area (Å²) >= 11 is 0. The van der Waals surface area contributed by atoms with E-state index in [0.29, 0.717) is 23.0 Å². The molecular weight excluding hydrogens is 266 g/mol. The van der Waals surface area contributed by atoms with E-state index >= 15 is 0 Å². The summed E-state index contributed by atoms with van der Waals surface area (Å²) in [5.41, 5.74) is 5.11. The van der Waals surface area contributed by atoms with E-state index in [4.69, 9.17) is 4.84 Å². The summed E-state index contributed by atoms with van der Waals surface area (Å²) in [5.74, 6) is 0.829. The standard InChI is InChI=1S/C16H19N3O2/c1-11(2)12-4-6-13(7-5-12)16(20)18-14-8-9-17-15(10-14)19-21-3/h4-11H,1-3H3,(H2,17,18,19,20). The summed E-state index contributed by atoms with van der Waals surface area (Å²) in [6.07, 6.45) is 1.60. The molecule has 2 rings (SSSR count). The first-order valence-electron chi connectivity index (χ1n) is 6.76. The molecule has 0 atom stereocenters. The topological polar surface area (TPSA) is 63.2 Å². The number of pyridine rings is 1. The highest BCUT2D eigenvalue weighted by Gasteiger charge is 2.07. The molecule has 0 aliphatic carbocycles. The average molecular weight is 285 g/mol. The second-order valence-electron chi connectivity index (χ2n) is 4.97. The largest absolute Gasteiger partial charge is 0.322 e. The number of nitrogens with one attached hydrogen (secondary N) is 2. The number of benzene rings is 1. The molecule has 0 saturated heterocycles. The van der Waals surface area contributed by atoms with Crippen LogP contribution in [0.4, 0.5) is 11.5 Å². The van der Waals surface area contributed by atoms with Crippen LogP contribution in [-0.2, 0) is 4.84 Å². The van der Waals surface area contributed by atoms with Crippen molar-refractivity contribution in [3.63, 3.8) is 0 Å². The van der Waals surface area contributed by atoms with Crippen LogP contribution in [-0.4, -0.2) is 18.0 Å². The molecule has 0 saturated carbocycles. The molecule has 0 radical (unpaired) electrons. The van der Waals surface area contributed by atoms with Gasteiger partial charge in [-0.1, -0.05) is 26.0 Å². The smallest absolute Gasteiger partial charge is 0.255 e. The van der Waals surface area contributed by atoms with Crippen molar-refractivity contribution in [2.75, 3.05) is 17.9 Å². The number of carbonyl (C=O) groups excluding carboxylic acids is 1. The van der Waals surface area contributed by atoms with Gasteiger partial charge in [0, 0.05) is 23.5 Å². The molecule has 1 amide bonds. The number of carbonyl (C=O) groups is 1. The third-order valence-electron chi connectivity index (χ3n) is 3.06. The van der Waals surface area contributed by atoms with E-state index in [9.17, 15) is 4.79 Å². The van der Waals surface area contributed by atoms with Crippen LogP contribution in [0.2, 0.25) is 0 Å². The Morgan fingerprint density at radius 1 is 1.19 bits per heavy atom. The van der Waals surface area contributed by atoms with E-state index in [2.05, 4.69) is 29.6 Å². The molecule has 2 aromatic rings. The van der Waals surface area contributed by atoms with E-state index in [1.54, 1.807) is 18.3 Å². The van der Waals surface area contributed by atoms with Crippen LogP contribution in [0.25, 0.3) is 0 Å². The normalized spacial score (nSPS) is 10.5. The summed E-state index contributed by atoms with van der Waals surface area (Å²) in [6, 6.07) is 11.0. The highest BCUT2D eigenvalue weighted by molar-refractivity contribution is 6.04. The monoisotopic (exact) mass is 285 g/mol. The first kappa shape index (κ1) is 15.0. The molecule has 1 heterocycles. The zero-order valence-corrected chi connectivity index (χ0v) is 12.4.